The first-order chi connectivity index (χ1) is 14.0. The maximum Gasteiger partial charge on any atom is 0.150 e. The second-order valence-corrected chi connectivity index (χ2v) is 6.26. The second kappa shape index (κ2) is 7.12. The minimum absolute atomic E-state index is 0.0436. The van der Waals surface area contributed by atoms with Crippen molar-refractivity contribution in [2.24, 2.45) is 0 Å². The van der Waals surface area contributed by atoms with Gasteiger partial charge in [-0.3, -0.25) is 9.55 Å². The molecule has 0 saturated carbocycles. The van der Waals surface area contributed by atoms with Crippen molar-refractivity contribution in [1.82, 2.24) is 24.5 Å². The summed E-state index contributed by atoms with van der Waals surface area (Å²) in [4.78, 5) is 16.3. The topological polar surface area (TPSA) is 118 Å². The van der Waals surface area contributed by atoms with Crippen molar-refractivity contribution in [2.45, 2.75) is 13.0 Å². The molecule has 29 heavy (non-hydrogen) atoms. The van der Waals surface area contributed by atoms with Gasteiger partial charge in [-0.25, -0.2) is 23.7 Å². The molecule has 0 saturated heterocycles. The van der Waals surface area contributed by atoms with Gasteiger partial charge in [0, 0.05) is 12.1 Å². The minimum atomic E-state index is -0.520. The van der Waals surface area contributed by atoms with E-state index in [-0.39, 0.29) is 17.2 Å². The third-order valence-electron chi connectivity index (χ3n) is 4.32. The lowest BCUT2D eigenvalue weighted by molar-refractivity contribution is 0.619. The van der Waals surface area contributed by atoms with E-state index >= 15 is 0 Å². The van der Waals surface area contributed by atoms with Crippen molar-refractivity contribution in [3.8, 4) is 11.8 Å². The molecule has 8 nitrogen and oxygen atoms in total. The number of nitrogens with one attached hydrogen (secondary N) is 1. The molecule has 1 atom stereocenters. The number of hydrogen-bond acceptors (Lipinski definition) is 7. The fourth-order valence-electron chi connectivity index (χ4n) is 3.05. The quantitative estimate of drug-likeness (QED) is 0.548. The molecule has 0 spiro atoms. The van der Waals surface area contributed by atoms with Gasteiger partial charge in [0.05, 0.1) is 35.2 Å². The molecular weight excluding hydrogens is 378 g/mol. The largest absolute Gasteiger partial charge is 0.382 e. The van der Waals surface area contributed by atoms with Crippen LogP contribution in [-0.2, 0) is 0 Å². The van der Waals surface area contributed by atoms with E-state index in [1.54, 1.807) is 17.6 Å². The highest BCUT2D eigenvalue weighted by atomic mass is 19.1. The van der Waals surface area contributed by atoms with Gasteiger partial charge >= 0.3 is 0 Å². The van der Waals surface area contributed by atoms with Crippen molar-refractivity contribution < 1.29 is 8.78 Å². The molecule has 4 aromatic rings. The lowest BCUT2D eigenvalue weighted by atomic mass is 10.2. The Bertz CT molecular complexity index is 1260. The molecule has 0 bridgehead atoms. The third-order valence-corrected chi connectivity index (χ3v) is 4.32. The van der Waals surface area contributed by atoms with Crippen LogP contribution < -0.4 is 11.1 Å². The molecule has 0 aliphatic heterocycles. The highest BCUT2D eigenvalue weighted by Crippen LogP contribution is 2.28. The first kappa shape index (κ1) is 18.2. The maximum atomic E-state index is 13.8. The molecule has 0 aliphatic carbocycles. The summed E-state index contributed by atoms with van der Waals surface area (Å²) in [6.07, 6.45) is 3.81. The molecule has 0 aliphatic rings. The second-order valence-electron chi connectivity index (χ2n) is 6.26. The average Bonchev–Trinajstić information content (AvgIpc) is 3.07. The number of rotatable bonds is 4. The zero-order chi connectivity index (χ0) is 20.5. The van der Waals surface area contributed by atoms with Crippen molar-refractivity contribution >= 4 is 22.7 Å². The first-order valence-electron chi connectivity index (χ1n) is 8.54. The number of anilines is 2. The van der Waals surface area contributed by atoms with Gasteiger partial charge in [0.1, 0.15) is 47.1 Å². The predicted molar refractivity (Wildman–Crippen MR) is 102 cm³/mol. The summed E-state index contributed by atoms with van der Waals surface area (Å²) in [6, 6.07) is 6.90. The van der Waals surface area contributed by atoms with Crippen molar-refractivity contribution in [3.05, 3.63) is 66.0 Å². The number of hydrogen-bond donors (Lipinski definition) is 2. The fraction of sp³-hybridized carbons (Fsp3) is 0.105. The molecule has 0 amide bonds. The highest BCUT2D eigenvalue weighted by molar-refractivity contribution is 5.78. The van der Waals surface area contributed by atoms with Gasteiger partial charge in [-0.15, -0.1) is 0 Å². The number of nitrogens with zero attached hydrogens (tertiary/aromatic N) is 6. The van der Waals surface area contributed by atoms with Crippen LogP contribution in [0.15, 0.2) is 43.0 Å². The predicted octanol–water partition coefficient (Wildman–Crippen LogP) is 3.12. The SMILES string of the molecule is C[C@H](Nc1ncnc(N)c1C#N)c1nc2cc(F)ccc2n1-c1cncc(F)c1. The van der Waals surface area contributed by atoms with Crippen LogP contribution in [0.3, 0.4) is 0 Å². The number of nitrogen functional groups attached to an aromatic ring is 1. The minimum Gasteiger partial charge on any atom is -0.382 e. The van der Waals surface area contributed by atoms with Crippen LogP contribution in [0.1, 0.15) is 24.4 Å². The van der Waals surface area contributed by atoms with Gasteiger partial charge < -0.3 is 11.1 Å². The number of fused-ring (bicyclic) bond motifs is 1. The summed E-state index contributed by atoms with van der Waals surface area (Å²) < 4.78 is 29.2. The van der Waals surface area contributed by atoms with Gasteiger partial charge in [0.25, 0.3) is 0 Å². The number of imidazole rings is 1. The summed E-state index contributed by atoms with van der Waals surface area (Å²) in [5.74, 6) is -0.244. The summed E-state index contributed by atoms with van der Waals surface area (Å²) >= 11 is 0. The Kier molecular flexibility index (Phi) is 4.48. The Hall–Kier alpha value is -4.13. The van der Waals surface area contributed by atoms with Crippen molar-refractivity contribution in [1.29, 1.82) is 5.26 Å². The standard InChI is InChI=1S/C19H14F2N8/c1-10(27-18-14(6-22)17(23)25-9-26-18)19-28-15-5-11(20)2-3-16(15)29(19)13-4-12(21)7-24-8-13/h2-5,7-10H,1H3,(H3,23,25,26,27)/t10-/m0/s1. The van der Waals surface area contributed by atoms with E-state index in [0.29, 0.717) is 22.5 Å². The normalized spacial score (nSPS) is 11.9. The molecule has 144 valence electrons. The summed E-state index contributed by atoms with van der Waals surface area (Å²) in [7, 11) is 0. The van der Waals surface area contributed by atoms with E-state index in [2.05, 4.69) is 25.3 Å². The smallest absolute Gasteiger partial charge is 0.150 e. The molecule has 3 N–H and O–H groups in total. The van der Waals surface area contributed by atoms with Crippen LogP contribution in [0, 0.1) is 23.0 Å². The Morgan fingerprint density at radius 1 is 1.17 bits per heavy atom. The van der Waals surface area contributed by atoms with Crippen LogP contribution >= 0.6 is 0 Å². The molecule has 3 heterocycles. The monoisotopic (exact) mass is 392 g/mol. The van der Waals surface area contributed by atoms with Crippen molar-refractivity contribution in [3.63, 3.8) is 0 Å². The first-order valence-corrected chi connectivity index (χ1v) is 8.54. The molecule has 3 aromatic heterocycles. The lowest BCUT2D eigenvalue weighted by Gasteiger charge is -2.17. The highest BCUT2D eigenvalue weighted by Gasteiger charge is 2.21. The Morgan fingerprint density at radius 2 is 2.00 bits per heavy atom. The molecule has 1 aromatic carbocycles. The summed E-state index contributed by atoms with van der Waals surface area (Å²) in [6.45, 7) is 1.78. The molecule has 0 unspecified atom stereocenters. The van der Waals surface area contributed by atoms with Gasteiger partial charge in [0.2, 0.25) is 0 Å². The van der Waals surface area contributed by atoms with Gasteiger partial charge in [0.15, 0.2) is 0 Å². The van der Waals surface area contributed by atoms with Crippen LogP contribution in [0.25, 0.3) is 16.7 Å². The Balaban J connectivity index is 1.86. The van der Waals surface area contributed by atoms with Crippen LogP contribution in [0.2, 0.25) is 0 Å². The molecule has 4 rings (SSSR count). The van der Waals surface area contributed by atoms with Crippen LogP contribution in [-0.4, -0.2) is 24.5 Å². The van der Waals surface area contributed by atoms with E-state index in [1.165, 1.54) is 30.7 Å². The van der Waals surface area contributed by atoms with E-state index in [9.17, 15) is 14.0 Å². The van der Waals surface area contributed by atoms with E-state index in [0.717, 1.165) is 6.20 Å². The summed E-state index contributed by atoms with van der Waals surface area (Å²) in [5, 5.41) is 12.4. The lowest BCUT2D eigenvalue weighted by Crippen LogP contribution is -2.15. The zero-order valence-corrected chi connectivity index (χ0v) is 15.1. The van der Waals surface area contributed by atoms with E-state index in [4.69, 9.17) is 5.73 Å². The number of benzene rings is 1. The van der Waals surface area contributed by atoms with Gasteiger partial charge in [-0.2, -0.15) is 5.26 Å². The van der Waals surface area contributed by atoms with Gasteiger partial charge in [-0.05, 0) is 19.1 Å². The molecular formula is C19H14F2N8. The third kappa shape index (κ3) is 3.29. The fourth-order valence-corrected chi connectivity index (χ4v) is 3.05. The number of aromatic nitrogens is 5. The number of nitriles is 1. The molecule has 0 radical (unpaired) electrons. The average molecular weight is 392 g/mol. The number of pyridine rings is 1. The van der Waals surface area contributed by atoms with Crippen LogP contribution in [0.4, 0.5) is 20.4 Å². The van der Waals surface area contributed by atoms with E-state index < -0.39 is 17.7 Å². The summed E-state index contributed by atoms with van der Waals surface area (Å²) in [5.41, 5.74) is 7.22. The maximum absolute atomic E-state index is 13.8. The van der Waals surface area contributed by atoms with Crippen molar-refractivity contribution in [2.75, 3.05) is 11.1 Å². The Morgan fingerprint density at radius 3 is 2.76 bits per heavy atom. The van der Waals surface area contributed by atoms with Crippen LogP contribution in [0.5, 0.6) is 0 Å². The number of nitrogens with two attached hydrogens (primary N) is 1. The zero-order valence-electron chi connectivity index (χ0n) is 15.1. The molecule has 10 heteroatoms. The van der Waals surface area contributed by atoms with E-state index in [1.807, 2.05) is 6.07 Å². The van der Waals surface area contributed by atoms with Gasteiger partial charge in [-0.1, -0.05) is 0 Å². The number of halogens is 2. The molecule has 0 fully saturated rings. The Labute approximate surface area is 163 Å².